The van der Waals surface area contributed by atoms with Gasteiger partial charge in [0.05, 0.1) is 22.8 Å². The first-order valence-corrected chi connectivity index (χ1v) is 6.35. The van der Waals surface area contributed by atoms with E-state index in [9.17, 15) is 18.0 Å². The summed E-state index contributed by atoms with van der Waals surface area (Å²) in [5.74, 6) is -0.758. The maximum atomic E-state index is 12.0. The van der Waals surface area contributed by atoms with Crippen LogP contribution in [0.1, 0.15) is 0 Å². The fourth-order valence-electron chi connectivity index (χ4n) is 1.72. The van der Waals surface area contributed by atoms with Gasteiger partial charge in [-0.2, -0.15) is 13.2 Å². The van der Waals surface area contributed by atoms with Crippen LogP contribution in [0.2, 0.25) is 5.02 Å². The number of anilines is 1. The molecule has 2 aromatic rings. The Kier molecular flexibility index (Phi) is 4.52. The van der Waals surface area contributed by atoms with E-state index < -0.39 is 18.6 Å². The second-order valence-corrected chi connectivity index (χ2v) is 4.65. The summed E-state index contributed by atoms with van der Waals surface area (Å²) >= 11 is 6.02. The zero-order valence-electron chi connectivity index (χ0n) is 10.7. The van der Waals surface area contributed by atoms with E-state index in [1.165, 1.54) is 0 Å². The first-order chi connectivity index (χ1) is 9.87. The number of rotatable bonds is 4. The highest BCUT2D eigenvalue weighted by molar-refractivity contribution is 6.35. The highest BCUT2D eigenvalue weighted by atomic mass is 35.5. The Labute approximate surface area is 123 Å². The van der Waals surface area contributed by atoms with Crippen LogP contribution in [0.3, 0.4) is 0 Å². The molecule has 2 rings (SSSR count). The molecule has 8 heteroatoms. The van der Waals surface area contributed by atoms with Crippen LogP contribution in [0.15, 0.2) is 30.5 Å². The molecule has 4 nitrogen and oxygen atoms in total. The minimum atomic E-state index is -4.43. The predicted molar refractivity (Wildman–Crippen MR) is 74.3 cm³/mol. The van der Waals surface area contributed by atoms with Gasteiger partial charge >= 0.3 is 6.18 Å². The van der Waals surface area contributed by atoms with E-state index in [0.29, 0.717) is 21.6 Å². The van der Waals surface area contributed by atoms with Gasteiger partial charge in [-0.25, -0.2) is 0 Å². The summed E-state index contributed by atoms with van der Waals surface area (Å²) in [5, 5.41) is 5.73. The van der Waals surface area contributed by atoms with Gasteiger partial charge in [0.1, 0.15) is 6.54 Å². The molecular formula is C13H11ClF3N3O. The van der Waals surface area contributed by atoms with Crippen molar-refractivity contribution >= 4 is 34.1 Å². The lowest BCUT2D eigenvalue weighted by Crippen LogP contribution is -2.37. The Hall–Kier alpha value is -2.02. The van der Waals surface area contributed by atoms with Gasteiger partial charge in [-0.3, -0.25) is 9.78 Å². The standard InChI is InChI=1S/C13H11ClF3N3O/c14-9-3-4-10(12-8(9)2-1-5-18-12)19-6-11(21)20-7-13(15,16)17/h1-5,19H,6-7H2,(H,20,21). The third-order valence-electron chi connectivity index (χ3n) is 2.64. The molecule has 1 amide bonds. The third-order valence-corrected chi connectivity index (χ3v) is 2.97. The maximum absolute atomic E-state index is 12.0. The number of hydrogen-bond acceptors (Lipinski definition) is 3. The van der Waals surface area contributed by atoms with Gasteiger partial charge in [0.2, 0.25) is 5.91 Å². The zero-order valence-corrected chi connectivity index (χ0v) is 11.4. The number of nitrogens with one attached hydrogen (secondary N) is 2. The number of alkyl halides is 3. The maximum Gasteiger partial charge on any atom is 0.405 e. The second kappa shape index (κ2) is 6.17. The summed E-state index contributed by atoms with van der Waals surface area (Å²) < 4.78 is 35.9. The molecule has 0 unspecified atom stereocenters. The summed E-state index contributed by atoms with van der Waals surface area (Å²) in [6.45, 7) is -1.64. The van der Waals surface area contributed by atoms with Gasteiger partial charge < -0.3 is 10.6 Å². The lowest BCUT2D eigenvalue weighted by molar-refractivity contribution is -0.137. The van der Waals surface area contributed by atoms with E-state index in [1.54, 1.807) is 35.8 Å². The van der Waals surface area contributed by atoms with E-state index in [-0.39, 0.29) is 6.54 Å². The van der Waals surface area contributed by atoms with E-state index >= 15 is 0 Å². The minimum Gasteiger partial charge on any atom is -0.374 e. The third kappa shape index (κ3) is 4.22. The number of carbonyl (C=O) groups excluding carboxylic acids is 1. The van der Waals surface area contributed by atoms with Crippen LogP contribution in [-0.4, -0.2) is 30.2 Å². The molecule has 0 aliphatic heterocycles. The molecule has 0 saturated carbocycles. The number of hydrogen-bond donors (Lipinski definition) is 2. The van der Waals surface area contributed by atoms with E-state index in [2.05, 4.69) is 10.3 Å². The summed E-state index contributed by atoms with van der Waals surface area (Å²) in [5.41, 5.74) is 1.07. The summed E-state index contributed by atoms with van der Waals surface area (Å²) in [6, 6.07) is 6.73. The van der Waals surface area contributed by atoms with Crippen LogP contribution in [0.25, 0.3) is 10.9 Å². The van der Waals surface area contributed by atoms with E-state index in [0.717, 1.165) is 0 Å². The highest BCUT2D eigenvalue weighted by Crippen LogP contribution is 2.27. The lowest BCUT2D eigenvalue weighted by Gasteiger charge is -2.11. The molecule has 1 aromatic heterocycles. The van der Waals surface area contributed by atoms with Crippen molar-refractivity contribution in [3.63, 3.8) is 0 Å². The van der Waals surface area contributed by atoms with Crippen molar-refractivity contribution in [2.75, 3.05) is 18.4 Å². The number of carbonyl (C=O) groups is 1. The van der Waals surface area contributed by atoms with Crippen molar-refractivity contribution in [2.45, 2.75) is 6.18 Å². The molecule has 0 bridgehead atoms. The van der Waals surface area contributed by atoms with Crippen LogP contribution < -0.4 is 10.6 Å². The zero-order chi connectivity index (χ0) is 15.5. The van der Waals surface area contributed by atoms with Crippen molar-refractivity contribution in [2.24, 2.45) is 0 Å². The SMILES string of the molecule is O=C(CNc1ccc(Cl)c2cccnc12)NCC(F)(F)F. The number of halogens is 4. The molecule has 0 radical (unpaired) electrons. The lowest BCUT2D eigenvalue weighted by atomic mass is 10.2. The van der Waals surface area contributed by atoms with Crippen molar-refractivity contribution in [3.8, 4) is 0 Å². The van der Waals surface area contributed by atoms with Crippen molar-refractivity contribution in [1.29, 1.82) is 0 Å². The molecule has 0 fully saturated rings. The molecule has 0 saturated heterocycles. The fraction of sp³-hybridized carbons (Fsp3) is 0.231. The fourth-order valence-corrected chi connectivity index (χ4v) is 1.93. The summed E-state index contributed by atoms with van der Waals surface area (Å²) in [7, 11) is 0. The topological polar surface area (TPSA) is 54.0 Å². The van der Waals surface area contributed by atoms with E-state index in [1.807, 2.05) is 0 Å². The Morgan fingerprint density at radius 2 is 2.05 bits per heavy atom. The van der Waals surface area contributed by atoms with Gasteiger partial charge in [-0.1, -0.05) is 11.6 Å². The summed E-state index contributed by atoms with van der Waals surface area (Å²) in [6.07, 6.45) is -2.86. The van der Waals surface area contributed by atoms with Gasteiger partial charge in [-0.05, 0) is 24.3 Å². The Morgan fingerprint density at radius 1 is 1.29 bits per heavy atom. The molecule has 21 heavy (non-hydrogen) atoms. The van der Waals surface area contributed by atoms with Crippen LogP contribution >= 0.6 is 11.6 Å². The van der Waals surface area contributed by atoms with E-state index in [4.69, 9.17) is 11.6 Å². The molecule has 2 N–H and O–H groups in total. The second-order valence-electron chi connectivity index (χ2n) is 4.24. The quantitative estimate of drug-likeness (QED) is 0.911. The Balaban J connectivity index is 2.04. The van der Waals surface area contributed by atoms with Gasteiger partial charge in [0, 0.05) is 11.6 Å². The molecule has 1 heterocycles. The first-order valence-electron chi connectivity index (χ1n) is 5.97. The molecule has 0 atom stereocenters. The summed E-state index contributed by atoms with van der Waals surface area (Å²) in [4.78, 5) is 15.5. The monoisotopic (exact) mass is 317 g/mol. The number of pyridine rings is 1. The highest BCUT2D eigenvalue weighted by Gasteiger charge is 2.27. The van der Waals surface area contributed by atoms with Crippen molar-refractivity contribution in [1.82, 2.24) is 10.3 Å². The van der Waals surface area contributed by atoms with Gasteiger partial charge in [-0.15, -0.1) is 0 Å². The van der Waals surface area contributed by atoms with Crippen LogP contribution in [0.4, 0.5) is 18.9 Å². The average Bonchev–Trinajstić information content (AvgIpc) is 2.44. The van der Waals surface area contributed by atoms with Crippen molar-refractivity contribution < 1.29 is 18.0 Å². The molecule has 0 aliphatic carbocycles. The van der Waals surface area contributed by atoms with Crippen molar-refractivity contribution in [3.05, 3.63) is 35.5 Å². The van der Waals surface area contributed by atoms with Crippen LogP contribution in [0.5, 0.6) is 0 Å². The van der Waals surface area contributed by atoms with Crippen LogP contribution in [-0.2, 0) is 4.79 Å². The normalized spacial score (nSPS) is 11.4. The molecular weight excluding hydrogens is 307 g/mol. The smallest absolute Gasteiger partial charge is 0.374 e. The number of aromatic nitrogens is 1. The molecule has 112 valence electrons. The number of fused-ring (bicyclic) bond motifs is 1. The molecule has 1 aromatic carbocycles. The molecule has 0 aliphatic rings. The number of benzene rings is 1. The van der Waals surface area contributed by atoms with Gasteiger partial charge in [0.25, 0.3) is 0 Å². The number of amides is 1. The van der Waals surface area contributed by atoms with Crippen LogP contribution in [0, 0.1) is 0 Å². The minimum absolute atomic E-state index is 0.288. The average molecular weight is 318 g/mol. The van der Waals surface area contributed by atoms with Gasteiger partial charge in [0.15, 0.2) is 0 Å². The number of nitrogens with zero attached hydrogens (tertiary/aromatic N) is 1. The Morgan fingerprint density at radius 3 is 2.76 bits per heavy atom. The Bertz CT molecular complexity index is 661. The molecule has 0 spiro atoms. The predicted octanol–water partition coefficient (Wildman–Crippen LogP) is 2.98. The largest absolute Gasteiger partial charge is 0.405 e. The first kappa shape index (κ1) is 15.4.